The van der Waals surface area contributed by atoms with Gasteiger partial charge in [0.05, 0.1) is 12.5 Å². The number of anilines is 1. The van der Waals surface area contributed by atoms with E-state index in [1.54, 1.807) is 0 Å². The molecule has 24 heavy (non-hydrogen) atoms. The maximum absolute atomic E-state index is 11.1. The molecule has 4 rings (SSSR count). The van der Waals surface area contributed by atoms with Gasteiger partial charge < -0.3 is 19.5 Å². The highest BCUT2D eigenvalue weighted by Crippen LogP contribution is 2.33. The average Bonchev–Trinajstić information content (AvgIpc) is 2.90. The van der Waals surface area contributed by atoms with Crippen molar-refractivity contribution in [3.63, 3.8) is 0 Å². The van der Waals surface area contributed by atoms with Crippen LogP contribution in [0.2, 0.25) is 0 Å². The maximum atomic E-state index is 11.1. The number of ether oxygens (including phenoxy) is 3. The van der Waals surface area contributed by atoms with Gasteiger partial charge in [-0.3, -0.25) is 4.79 Å². The zero-order valence-electron chi connectivity index (χ0n) is 13.9. The van der Waals surface area contributed by atoms with Crippen molar-refractivity contribution >= 4 is 11.6 Å². The molecule has 0 bridgehead atoms. The molecule has 2 aliphatic rings. The fourth-order valence-electron chi connectivity index (χ4n) is 2.65. The van der Waals surface area contributed by atoms with Crippen molar-refractivity contribution in [2.24, 2.45) is 0 Å². The molecule has 2 heterocycles. The van der Waals surface area contributed by atoms with Crippen molar-refractivity contribution in [1.82, 2.24) is 0 Å². The van der Waals surface area contributed by atoms with Gasteiger partial charge in [0.25, 0.3) is 0 Å². The fourth-order valence-corrected chi connectivity index (χ4v) is 2.65. The highest BCUT2D eigenvalue weighted by atomic mass is 16.6. The van der Waals surface area contributed by atoms with Gasteiger partial charge in [0, 0.05) is 13.2 Å². The number of carbonyl (C=O) groups is 1. The van der Waals surface area contributed by atoms with Crippen LogP contribution in [0.4, 0.5) is 5.69 Å². The summed E-state index contributed by atoms with van der Waals surface area (Å²) in [5, 5.41) is 2.81. The van der Waals surface area contributed by atoms with Crippen molar-refractivity contribution in [1.29, 1.82) is 0 Å². The highest BCUT2D eigenvalue weighted by molar-refractivity contribution is 6.02. The minimum absolute atomic E-state index is 0. The van der Waals surface area contributed by atoms with Crippen LogP contribution < -0.4 is 19.5 Å². The first-order valence-electron chi connectivity index (χ1n) is 8.11. The second-order valence-electron chi connectivity index (χ2n) is 5.54. The summed E-state index contributed by atoms with van der Waals surface area (Å²) in [6, 6.07) is 13.4. The molecule has 1 amide bonds. The summed E-state index contributed by atoms with van der Waals surface area (Å²) in [6.07, 6.45) is 0. The number of hydrogen-bond acceptors (Lipinski definition) is 4. The van der Waals surface area contributed by atoms with Crippen molar-refractivity contribution in [2.75, 3.05) is 25.1 Å². The van der Waals surface area contributed by atoms with Crippen LogP contribution in [0.15, 0.2) is 42.5 Å². The number of carbonyl (C=O) groups excluding carboxylic acids is 1. The van der Waals surface area contributed by atoms with E-state index in [0.29, 0.717) is 19.8 Å². The zero-order chi connectivity index (χ0) is 16.9. The predicted octanol–water partition coefficient (Wildman–Crippen LogP) is 3.84. The van der Waals surface area contributed by atoms with Gasteiger partial charge in [-0.2, -0.15) is 0 Å². The van der Waals surface area contributed by atoms with E-state index < -0.39 is 0 Å². The van der Waals surface area contributed by atoms with Crippen LogP contribution in [0.1, 0.15) is 26.8 Å². The SMILES string of the molecule is CC1C(=O)Nc2ccccc21.CCOc1ccc2c(c1)OCCO2.[HH]. The Hall–Kier alpha value is -2.69. The summed E-state index contributed by atoms with van der Waals surface area (Å²) in [7, 11) is 0. The van der Waals surface area contributed by atoms with Gasteiger partial charge >= 0.3 is 0 Å². The van der Waals surface area contributed by atoms with Crippen LogP contribution in [-0.4, -0.2) is 25.7 Å². The van der Waals surface area contributed by atoms with Crippen LogP contribution in [0.5, 0.6) is 17.2 Å². The van der Waals surface area contributed by atoms with E-state index in [-0.39, 0.29) is 13.3 Å². The van der Waals surface area contributed by atoms with Crippen LogP contribution in [0, 0.1) is 0 Å². The minimum atomic E-state index is 0. The van der Waals surface area contributed by atoms with Crippen molar-refractivity contribution in [3.05, 3.63) is 48.0 Å². The first-order valence-corrected chi connectivity index (χ1v) is 8.11. The number of nitrogens with one attached hydrogen (secondary N) is 1. The quantitative estimate of drug-likeness (QED) is 0.909. The van der Waals surface area contributed by atoms with Crippen molar-refractivity contribution in [2.45, 2.75) is 19.8 Å². The van der Waals surface area contributed by atoms with Gasteiger partial charge in [0.1, 0.15) is 19.0 Å². The molecule has 5 heteroatoms. The lowest BCUT2D eigenvalue weighted by Gasteiger charge is -2.18. The lowest BCUT2D eigenvalue weighted by atomic mass is 10.0. The number of hydrogen-bond donors (Lipinski definition) is 1. The number of rotatable bonds is 2. The summed E-state index contributed by atoms with van der Waals surface area (Å²) in [5.41, 5.74) is 2.07. The molecule has 0 saturated heterocycles. The highest BCUT2D eigenvalue weighted by Gasteiger charge is 2.25. The van der Waals surface area contributed by atoms with Crippen molar-refractivity contribution in [3.8, 4) is 17.2 Å². The minimum Gasteiger partial charge on any atom is -0.494 e. The Morgan fingerprint density at radius 2 is 1.92 bits per heavy atom. The van der Waals surface area contributed by atoms with Gasteiger partial charge in [-0.25, -0.2) is 0 Å². The van der Waals surface area contributed by atoms with Crippen molar-refractivity contribution < 1.29 is 20.4 Å². The van der Waals surface area contributed by atoms with E-state index in [1.807, 2.05) is 56.3 Å². The van der Waals surface area contributed by atoms with Crippen LogP contribution >= 0.6 is 0 Å². The Kier molecular flexibility index (Phi) is 4.89. The third kappa shape index (κ3) is 3.45. The molecule has 5 nitrogen and oxygen atoms in total. The smallest absolute Gasteiger partial charge is 0.231 e. The molecule has 2 aromatic rings. The molecule has 0 saturated carbocycles. The van der Waals surface area contributed by atoms with Crippen LogP contribution in [-0.2, 0) is 4.79 Å². The molecule has 0 spiro atoms. The maximum Gasteiger partial charge on any atom is 0.231 e. The van der Waals surface area contributed by atoms with Gasteiger partial charge in [-0.1, -0.05) is 18.2 Å². The molecule has 128 valence electrons. The van der Waals surface area contributed by atoms with Crippen LogP contribution in [0.3, 0.4) is 0 Å². The van der Waals surface area contributed by atoms with E-state index in [1.165, 1.54) is 0 Å². The van der Waals surface area contributed by atoms with Gasteiger partial charge in [0.15, 0.2) is 11.5 Å². The van der Waals surface area contributed by atoms with Gasteiger partial charge in [-0.15, -0.1) is 0 Å². The largest absolute Gasteiger partial charge is 0.494 e. The van der Waals surface area contributed by atoms with E-state index >= 15 is 0 Å². The molecule has 1 atom stereocenters. The lowest BCUT2D eigenvalue weighted by molar-refractivity contribution is -0.116. The number of para-hydroxylation sites is 1. The topological polar surface area (TPSA) is 56.8 Å². The number of fused-ring (bicyclic) bond motifs is 2. The van der Waals surface area contributed by atoms with Gasteiger partial charge in [0.2, 0.25) is 5.91 Å². The molecular weight excluding hydrogens is 306 g/mol. The Morgan fingerprint density at radius 3 is 2.67 bits per heavy atom. The summed E-state index contributed by atoms with van der Waals surface area (Å²) in [4.78, 5) is 11.1. The standard InChI is InChI=1S/C10H12O3.C9H9NO.H2/c1-2-11-8-3-4-9-10(7-8)13-6-5-12-9;1-6-7-4-2-3-5-8(7)10-9(6)11;/h3-4,7H,2,5-6H2,1H3;2-6H,1H3,(H,10,11);1H. The molecule has 0 aliphatic carbocycles. The Balaban J connectivity index is 0.000000175. The summed E-state index contributed by atoms with van der Waals surface area (Å²) in [6.45, 7) is 5.78. The van der Waals surface area contributed by atoms with Crippen LogP contribution in [0.25, 0.3) is 0 Å². The number of amides is 1. The predicted molar refractivity (Wildman–Crippen MR) is 94.2 cm³/mol. The molecule has 0 fully saturated rings. The summed E-state index contributed by atoms with van der Waals surface area (Å²) >= 11 is 0. The lowest BCUT2D eigenvalue weighted by Crippen LogP contribution is -2.15. The molecular formula is C19H23NO4. The molecule has 0 radical (unpaired) electrons. The Morgan fingerprint density at radius 1 is 1.17 bits per heavy atom. The third-order valence-corrected chi connectivity index (χ3v) is 3.90. The number of benzene rings is 2. The molecule has 0 aromatic heterocycles. The van der Waals surface area contributed by atoms with E-state index in [4.69, 9.17) is 14.2 Å². The monoisotopic (exact) mass is 329 g/mol. The summed E-state index contributed by atoms with van der Waals surface area (Å²) in [5.74, 6) is 2.52. The first kappa shape index (κ1) is 16.2. The molecule has 2 aromatic carbocycles. The molecule has 2 aliphatic heterocycles. The van der Waals surface area contributed by atoms with E-state index in [9.17, 15) is 4.79 Å². The second kappa shape index (κ2) is 7.25. The normalized spacial score (nSPS) is 17.2. The third-order valence-electron chi connectivity index (χ3n) is 3.90. The van der Waals surface area contributed by atoms with E-state index in [2.05, 4.69) is 5.32 Å². The Bertz CT molecular complexity index is 735. The molecule has 1 unspecified atom stereocenters. The average molecular weight is 329 g/mol. The second-order valence-corrected chi connectivity index (χ2v) is 5.54. The van der Waals surface area contributed by atoms with E-state index in [0.717, 1.165) is 28.5 Å². The Labute approximate surface area is 143 Å². The fraction of sp³-hybridized carbons (Fsp3) is 0.316. The summed E-state index contributed by atoms with van der Waals surface area (Å²) < 4.78 is 16.1. The van der Waals surface area contributed by atoms with Gasteiger partial charge in [-0.05, 0) is 37.6 Å². The first-order chi connectivity index (χ1) is 11.7. The molecule has 1 N–H and O–H groups in total. The zero-order valence-corrected chi connectivity index (χ0v) is 13.9.